The molecule has 2 aromatic heterocycles. The van der Waals surface area contributed by atoms with Gasteiger partial charge in [0, 0.05) is 55.9 Å². The number of amides is 1. The van der Waals surface area contributed by atoms with E-state index in [1.54, 1.807) is 24.7 Å². The van der Waals surface area contributed by atoms with E-state index in [-0.39, 0.29) is 17.5 Å². The molecule has 0 bridgehead atoms. The third-order valence-corrected chi connectivity index (χ3v) is 6.83. The quantitative estimate of drug-likeness (QED) is 0.513. The lowest BCUT2D eigenvalue weighted by atomic mass is 9.79. The van der Waals surface area contributed by atoms with Crippen LogP contribution in [-0.2, 0) is 12.0 Å². The lowest BCUT2D eigenvalue weighted by Gasteiger charge is -2.33. The topological polar surface area (TPSA) is 82.2 Å². The van der Waals surface area contributed by atoms with Gasteiger partial charge < -0.3 is 16.0 Å². The van der Waals surface area contributed by atoms with E-state index in [1.165, 1.54) is 24.0 Å². The van der Waals surface area contributed by atoms with Crippen molar-refractivity contribution in [1.29, 1.82) is 0 Å². The monoisotopic (exact) mass is 456 g/mol. The average Bonchev–Trinajstić information content (AvgIpc) is 3.38. The number of anilines is 2. The summed E-state index contributed by atoms with van der Waals surface area (Å²) in [6.07, 6.45) is 7.60. The Morgan fingerprint density at radius 3 is 2.68 bits per heavy atom. The molecule has 3 aromatic rings. The molecule has 0 saturated carbocycles. The molecule has 7 heteroatoms. The minimum absolute atomic E-state index is 0.0657. The Morgan fingerprint density at radius 2 is 1.88 bits per heavy atom. The second-order valence-corrected chi connectivity index (χ2v) is 9.78. The summed E-state index contributed by atoms with van der Waals surface area (Å²) in [6, 6.07) is 13.9. The Morgan fingerprint density at radius 1 is 1.09 bits per heavy atom. The Kier molecular flexibility index (Phi) is 6.30. The Labute approximate surface area is 201 Å². The minimum Gasteiger partial charge on any atom is -0.350 e. The first-order valence-corrected chi connectivity index (χ1v) is 12.0. The van der Waals surface area contributed by atoms with Crippen molar-refractivity contribution < 1.29 is 4.79 Å². The number of carbonyl (C=O) groups excluding carboxylic acids is 1. The van der Waals surface area contributed by atoms with Gasteiger partial charge in [0.15, 0.2) is 0 Å². The minimum atomic E-state index is -0.173. The smallest absolute Gasteiger partial charge is 0.259 e. The van der Waals surface area contributed by atoms with Crippen molar-refractivity contribution in [2.45, 2.75) is 44.8 Å². The van der Waals surface area contributed by atoms with Gasteiger partial charge in [-0.1, -0.05) is 19.9 Å². The first kappa shape index (κ1) is 22.5. The molecule has 1 saturated heterocycles. The summed E-state index contributed by atoms with van der Waals surface area (Å²) in [6.45, 7) is 8.26. The molecule has 5 rings (SSSR count). The van der Waals surface area contributed by atoms with Gasteiger partial charge in [-0.3, -0.25) is 14.7 Å². The van der Waals surface area contributed by atoms with E-state index >= 15 is 0 Å². The molecule has 1 atom stereocenters. The summed E-state index contributed by atoms with van der Waals surface area (Å²) in [5.41, 5.74) is 5.07. The lowest BCUT2D eigenvalue weighted by molar-refractivity contribution is 0.102. The van der Waals surface area contributed by atoms with Crippen molar-refractivity contribution in [3.8, 4) is 0 Å². The van der Waals surface area contributed by atoms with E-state index in [9.17, 15) is 4.79 Å². The largest absolute Gasteiger partial charge is 0.350 e. The number of likely N-dealkylation sites (tertiary alicyclic amines) is 1. The van der Waals surface area contributed by atoms with Crippen molar-refractivity contribution in [3.05, 3.63) is 83.3 Å². The number of rotatable bonds is 6. The van der Waals surface area contributed by atoms with Gasteiger partial charge in [-0.15, -0.1) is 0 Å². The Bertz CT molecular complexity index is 1160. The van der Waals surface area contributed by atoms with Crippen LogP contribution in [0.15, 0.2) is 61.1 Å². The molecule has 1 fully saturated rings. The number of fused-ring (bicyclic) bond motifs is 1. The molecular formula is C27H32N6O. The summed E-state index contributed by atoms with van der Waals surface area (Å²) in [7, 11) is 0. The van der Waals surface area contributed by atoms with Gasteiger partial charge in [-0.25, -0.2) is 4.98 Å². The Balaban J connectivity index is 1.39. The van der Waals surface area contributed by atoms with Crippen LogP contribution in [0.5, 0.6) is 0 Å². The maximum atomic E-state index is 13.3. The van der Waals surface area contributed by atoms with Gasteiger partial charge in [0.1, 0.15) is 12.0 Å². The van der Waals surface area contributed by atoms with Crippen LogP contribution in [0.25, 0.3) is 0 Å². The molecule has 3 N–H and O–H groups in total. The summed E-state index contributed by atoms with van der Waals surface area (Å²) in [5, 5.41) is 10.1. The SMILES string of the molecule is CC1(C)CNCc2cc(NC(=O)c3cccnc3NC(c3ccncc3)N3CCCC3)ccc21. The maximum absolute atomic E-state index is 13.3. The predicted molar refractivity (Wildman–Crippen MR) is 135 cm³/mol. The van der Waals surface area contributed by atoms with Crippen LogP contribution in [0, 0.1) is 0 Å². The van der Waals surface area contributed by atoms with Gasteiger partial charge in [-0.2, -0.15) is 0 Å². The summed E-state index contributed by atoms with van der Waals surface area (Å²) >= 11 is 0. The zero-order valence-electron chi connectivity index (χ0n) is 19.8. The molecule has 4 heterocycles. The van der Waals surface area contributed by atoms with Gasteiger partial charge >= 0.3 is 0 Å². The number of nitrogens with zero attached hydrogens (tertiary/aromatic N) is 3. The highest BCUT2D eigenvalue weighted by molar-refractivity contribution is 6.07. The molecule has 0 aliphatic carbocycles. The van der Waals surface area contributed by atoms with Crippen molar-refractivity contribution in [3.63, 3.8) is 0 Å². The molecule has 0 radical (unpaired) electrons. The van der Waals surface area contributed by atoms with Crippen molar-refractivity contribution in [2.24, 2.45) is 0 Å². The van der Waals surface area contributed by atoms with E-state index in [2.05, 4.69) is 56.8 Å². The van der Waals surface area contributed by atoms with Crippen LogP contribution in [0.4, 0.5) is 11.5 Å². The maximum Gasteiger partial charge on any atom is 0.259 e. The third-order valence-electron chi connectivity index (χ3n) is 6.83. The predicted octanol–water partition coefficient (Wildman–Crippen LogP) is 4.32. The fourth-order valence-electron chi connectivity index (χ4n) is 5.05. The fraction of sp³-hybridized carbons (Fsp3) is 0.370. The number of hydrogen-bond acceptors (Lipinski definition) is 6. The zero-order valence-corrected chi connectivity index (χ0v) is 19.8. The zero-order chi connectivity index (χ0) is 23.5. The fourth-order valence-corrected chi connectivity index (χ4v) is 5.05. The number of carbonyl (C=O) groups is 1. The molecular weight excluding hydrogens is 424 g/mol. The molecule has 176 valence electrons. The van der Waals surface area contributed by atoms with Crippen LogP contribution in [0.3, 0.4) is 0 Å². The highest BCUT2D eigenvalue weighted by Crippen LogP contribution is 2.32. The number of pyridine rings is 2. The van der Waals surface area contributed by atoms with Gasteiger partial charge in [0.05, 0.1) is 5.56 Å². The summed E-state index contributed by atoms with van der Waals surface area (Å²) in [4.78, 5) is 24.4. The van der Waals surface area contributed by atoms with Gasteiger partial charge in [0.25, 0.3) is 5.91 Å². The molecule has 1 unspecified atom stereocenters. The summed E-state index contributed by atoms with van der Waals surface area (Å²) < 4.78 is 0. The molecule has 1 aromatic carbocycles. The van der Waals surface area contributed by atoms with Crippen LogP contribution < -0.4 is 16.0 Å². The number of benzene rings is 1. The van der Waals surface area contributed by atoms with E-state index in [0.717, 1.165) is 37.4 Å². The van der Waals surface area contributed by atoms with E-state index in [0.29, 0.717) is 11.4 Å². The van der Waals surface area contributed by atoms with E-state index in [1.807, 2.05) is 24.3 Å². The first-order chi connectivity index (χ1) is 16.5. The second kappa shape index (κ2) is 9.52. The molecule has 0 spiro atoms. The first-order valence-electron chi connectivity index (χ1n) is 12.0. The standard InChI is InChI=1S/C27H32N6O/c1-27(2)18-29-17-20-16-21(7-8-23(20)27)31-26(34)22-6-5-11-30-24(22)32-25(33-14-3-4-15-33)19-9-12-28-13-10-19/h5-13,16,25,29H,3-4,14-15,17-18H2,1-2H3,(H,30,32)(H,31,34). The molecule has 7 nitrogen and oxygen atoms in total. The third kappa shape index (κ3) is 4.67. The molecule has 2 aliphatic rings. The van der Waals surface area contributed by atoms with E-state index in [4.69, 9.17) is 0 Å². The van der Waals surface area contributed by atoms with Crippen molar-refractivity contribution >= 4 is 17.4 Å². The Hall–Kier alpha value is -3.29. The van der Waals surface area contributed by atoms with Crippen LogP contribution in [0.2, 0.25) is 0 Å². The highest BCUT2D eigenvalue weighted by atomic mass is 16.1. The number of hydrogen-bond donors (Lipinski definition) is 3. The van der Waals surface area contributed by atoms with Crippen molar-refractivity contribution in [1.82, 2.24) is 20.2 Å². The average molecular weight is 457 g/mol. The molecule has 2 aliphatic heterocycles. The normalized spacial score (nSPS) is 18.2. The number of nitrogens with one attached hydrogen (secondary N) is 3. The van der Waals surface area contributed by atoms with Crippen LogP contribution >= 0.6 is 0 Å². The van der Waals surface area contributed by atoms with Gasteiger partial charge in [-0.05, 0) is 65.9 Å². The van der Waals surface area contributed by atoms with Gasteiger partial charge in [0.2, 0.25) is 0 Å². The van der Waals surface area contributed by atoms with Crippen LogP contribution in [0.1, 0.15) is 59.9 Å². The summed E-state index contributed by atoms with van der Waals surface area (Å²) in [5.74, 6) is 0.406. The number of aromatic nitrogens is 2. The molecule has 1 amide bonds. The van der Waals surface area contributed by atoms with Crippen molar-refractivity contribution in [2.75, 3.05) is 30.3 Å². The van der Waals surface area contributed by atoms with Crippen LogP contribution in [-0.4, -0.2) is 40.4 Å². The lowest BCUT2D eigenvalue weighted by Crippen LogP contribution is -2.38. The molecule has 34 heavy (non-hydrogen) atoms. The second-order valence-electron chi connectivity index (χ2n) is 9.78. The van der Waals surface area contributed by atoms with E-state index < -0.39 is 0 Å². The highest BCUT2D eigenvalue weighted by Gasteiger charge is 2.28.